The topological polar surface area (TPSA) is 53.6 Å². The lowest BCUT2D eigenvalue weighted by molar-refractivity contribution is -0.123. The summed E-state index contributed by atoms with van der Waals surface area (Å²) in [6.45, 7) is 11.1. The lowest BCUT2D eigenvalue weighted by atomic mass is 10.1. The second kappa shape index (κ2) is 9.28. The summed E-state index contributed by atoms with van der Waals surface area (Å²) in [6.07, 6.45) is 2.23. The first-order valence-corrected chi connectivity index (χ1v) is 7.46. The molecule has 0 bridgehead atoms. The average molecular weight is 271 g/mol. The summed E-state index contributed by atoms with van der Waals surface area (Å²) in [6, 6.07) is 0.537. The SMILES string of the molecule is CCCN(CC(=O)NCCCOC(C)C)C1CNC1. The quantitative estimate of drug-likeness (QED) is 0.571. The predicted molar refractivity (Wildman–Crippen MR) is 77.2 cm³/mol. The third-order valence-corrected chi connectivity index (χ3v) is 3.23. The molecule has 1 rings (SSSR count). The molecule has 0 spiro atoms. The Morgan fingerprint density at radius 3 is 2.74 bits per heavy atom. The van der Waals surface area contributed by atoms with E-state index in [0.717, 1.165) is 32.5 Å². The van der Waals surface area contributed by atoms with Crippen LogP contribution in [-0.4, -0.2) is 62.3 Å². The second-order valence-electron chi connectivity index (χ2n) is 5.41. The van der Waals surface area contributed by atoms with E-state index >= 15 is 0 Å². The number of carbonyl (C=O) groups is 1. The maximum absolute atomic E-state index is 11.9. The van der Waals surface area contributed by atoms with E-state index in [9.17, 15) is 4.79 Å². The van der Waals surface area contributed by atoms with Gasteiger partial charge in [0.1, 0.15) is 0 Å². The summed E-state index contributed by atoms with van der Waals surface area (Å²) in [5.41, 5.74) is 0. The average Bonchev–Trinajstić information content (AvgIpc) is 2.26. The third-order valence-electron chi connectivity index (χ3n) is 3.23. The van der Waals surface area contributed by atoms with Gasteiger partial charge in [-0.25, -0.2) is 0 Å². The molecular weight excluding hydrogens is 242 g/mol. The Morgan fingerprint density at radius 2 is 2.21 bits per heavy atom. The molecule has 0 aliphatic carbocycles. The highest BCUT2D eigenvalue weighted by Gasteiger charge is 2.25. The summed E-state index contributed by atoms with van der Waals surface area (Å²) in [5, 5.41) is 6.22. The van der Waals surface area contributed by atoms with Crippen molar-refractivity contribution in [2.75, 3.05) is 39.3 Å². The number of hydrogen-bond acceptors (Lipinski definition) is 4. The molecular formula is C14H29N3O2. The van der Waals surface area contributed by atoms with Crippen molar-refractivity contribution in [3.8, 4) is 0 Å². The van der Waals surface area contributed by atoms with Crippen molar-refractivity contribution in [2.24, 2.45) is 0 Å². The maximum Gasteiger partial charge on any atom is 0.234 e. The molecule has 5 heteroatoms. The minimum absolute atomic E-state index is 0.130. The van der Waals surface area contributed by atoms with Crippen molar-refractivity contribution in [1.82, 2.24) is 15.5 Å². The van der Waals surface area contributed by atoms with Gasteiger partial charge in [0.05, 0.1) is 12.6 Å². The molecule has 1 aliphatic rings. The van der Waals surface area contributed by atoms with Crippen molar-refractivity contribution in [3.05, 3.63) is 0 Å². The van der Waals surface area contributed by atoms with E-state index in [1.54, 1.807) is 0 Å². The van der Waals surface area contributed by atoms with Crippen molar-refractivity contribution in [1.29, 1.82) is 0 Å². The molecule has 1 amide bonds. The number of nitrogens with zero attached hydrogens (tertiary/aromatic N) is 1. The molecule has 0 unspecified atom stereocenters. The van der Waals surface area contributed by atoms with Crippen LogP contribution >= 0.6 is 0 Å². The Bertz CT molecular complexity index is 255. The highest BCUT2D eigenvalue weighted by Crippen LogP contribution is 2.05. The van der Waals surface area contributed by atoms with Gasteiger partial charge in [0.2, 0.25) is 5.91 Å². The predicted octanol–water partition coefficient (Wildman–Crippen LogP) is 0.602. The van der Waals surface area contributed by atoms with Crippen LogP contribution in [0.3, 0.4) is 0 Å². The van der Waals surface area contributed by atoms with Crippen LogP contribution in [0.1, 0.15) is 33.6 Å². The number of rotatable bonds is 10. The summed E-state index contributed by atoms with van der Waals surface area (Å²) in [4.78, 5) is 14.1. The van der Waals surface area contributed by atoms with Gasteiger partial charge in [-0.15, -0.1) is 0 Å². The Hall–Kier alpha value is -0.650. The van der Waals surface area contributed by atoms with Crippen LogP contribution in [-0.2, 0) is 9.53 Å². The number of amides is 1. The van der Waals surface area contributed by atoms with Crippen LogP contribution in [0, 0.1) is 0 Å². The monoisotopic (exact) mass is 271 g/mol. The van der Waals surface area contributed by atoms with Crippen LogP contribution in [0.4, 0.5) is 0 Å². The van der Waals surface area contributed by atoms with E-state index in [2.05, 4.69) is 22.5 Å². The first-order valence-electron chi connectivity index (χ1n) is 7.46. The Kier molecular flexibility index (Phi) is 8.02. The van der Waals surface area contributed by atoms with Gasteiger partial charge in [-0.3, -0.25) is 9.69 Å². The third kappa shape index (κ3) is 6.89. The minimum atomic E-state index is 0.130. The highest BCUT2D eigenvalue weighted by molar-refractivity contribution is 5.78. The van der Waals surface area contributed by atoms with E-state index in [4.69, 9.17) is 4.74 Å². The number of nitrogens with one attached hydrogen (secondary N) is 2. The van der Waals surface area contributed by atoms with Gasteiger partial charge in [0.25, 0.3) is 0 Å². The zero-order chi connectivity index (χ0) is 14.1. The Morgan fingerprint density at radius 1 is 1.47 bits per heavy atom. The molecule has 0 radical (unpaired) electrons. The van der Waals surface area contributed by atoms with Gasteiger partial charge >= 0.3 is 0 Å². The number of ether oxygens (including phenoxy) is 1. The molecule has 0 saturated carbocycles. The van der Waals surface area contributed by atoms with E-state index in [1.807, 2.05) is 13.8 Å². The normalized spacial score (nSPS) is 15.8. The first kappa shape index (κ1) is 16.4. The van der Waals surface area contributed by atoms with Gasteiger partial charge in [-0.2, -0.15) is 0 Å². The molecule has 1 heterocycles. The standard InChI is InChI=1S/C14H29N3O2/c1-4-7-17(13-9-15-10-13)11-14(18)16-6-5-8-19-12(2)3/h12-13,15H,4-11H2,1-3H3,(H,16,18). The fourth-order valence-electron chi connectivity index (χ4n) is 2.07. The van der Waals surface area contributed by atoms with Gasteiger partial charge in [0.15, 0.2) is 0 Å². The smallest absolute Gasteiger partial charge is 0.234 e. The molecule has 112 valence electrons. The minimum Gasteiger partial charge on any atom is -0.379 e. The molecule has 1 saturated heterocycles. The molecule has 2 N–H and O–H groups in total. The Balaban J connectivity index is 2.10. The maximum atomic E-state index is 11.9. The van der Waals surface area contributed by atoms with Gasteiger partial charge < -0.3 is 15.4 Å². The van der Waals surface area contributed by atoms with Crippen LogP contribution in [0.2, 0.25) is 0 Å². The molecule has 0 aromatic rings. The summed E-state index contributed by atoms with van der Waals surface area (Å²) in [7, 11) is 0. The summed E-state index contributed by atoms with van der Waals surface area (Å²) < 4.78 is 5.44. The molecule has 1 fully saturated rings. The number of carbonyl (C=O) groups excluding carboxylic acids is 1. The van der Waals surface area contributed by atoms with Crippen molar-refractivity contribution >= 4 is 5.91 Å². The van der Waals surface area contributed by atoms with Gasteiger partial charge in [0, 0.05) is 32.3 Å². The molecule has 0 aromatic heterocycles. The largest absolute Gasteiger partial charge is 0.379 e. The molecule has 1 aliphatic heterocycles. The molecule has 19 heavy (non-hydrogen) atoms. The van der Waals surface area contributed by atoms with E-state index < -0.39 is 0 Å². The highest BCUT2D eigenvalue weighted by atomic mass is 16.5. The number of hydrogen-bond donors (Lipinski definition) is 2. The Labute approximate surface area is 117 Å². The second-order valence-corrected chi connectivity index (χ2v) is 5.41. The fraction of sp³-hybridized carbons (Fsp3) is 0.929. The summed E-state index contributed by atoms with van der Waals surface area (Å²) >= 11 is 0. The van der Waals surface area contributed by atoms with Gasteiger partial charge in [-0.05, 0) is 33.2 Å². The molecule has 0 aromatic carbocycles. The van der Waals surface area contributed by atoms with Gasteiger partial charge in [-0.1, -0.05) is 6.92 Å². The van der Waals surface area contributed by atoms with Crippen LogP contribution in [0.25, 0.3) is 0 Å². The van der Waals surface area contributed by atoms with Crippen LogP contribution in [0.15, 0.2) is 0 Å². The van der Waals surface area contributed by atoms with Crippen LogP contribution < -0.4 is 10.6 Å². The molecule has 0 atom stereocenters. The van der Waals surface area contributed by atoms with Crippen molar-refractivity contribution in [2.45, 2.75) is 45.8 Å². The fourth-order valence-corrected chi connectivity index (χ4v) is 2.07. The van der Waals surface area contributed by atoms with Crippen LogP contribution in [0.5, 0.6) is 0 Å². The van der Waals surface area contributed by atoms with E-state index in [1.165, 1.54) is 0 Å². The zero-order valence-electron chi connectivity index (χ0n) is 12.6. The summed E-state index contributed by atoms with van der Waals surface area (Å²) in [5.74, 6) is 0.130. The first-order chi connectivity index (χ1) is 9.13. The van der Waals surface area contributed by atoms with E-state index in [-0.39, 0.29) is 12.0 Å². The van der Waals surface area contributed by atoms with Crippen molar-refractivity contribution < 1.29 is 9.53 Å². The lowest BCUT2D eigenvalue weighted by Gasteiger charge is -2.37. The lowest BCUT2D eigenvalue weighted by Crippen LogP contribution is -2.59. The van der Waals surface area contributed by atoms with E-state index in [0.29, 0.717) is 25.7 Å². The van der Waals surface area contributed by atoms with Crippen molar-refractivity contribution in [3.63, 3.8) is 0 Å². The molecule has 5 nitrogen and oxygen atoms in total. The zero-order valence-corrected chi connectivity index (χ0v) is 12.6.